The maximum absolute atomic E-state index is 6.32. The van der Waals surface area contributed by atoms with Crippen LogP contribution in [0.5, 0.6) is 5.75 Å². The van der Waals surface area contributed by atoms with Crippen molar-refractivity contribution in [3.05, 3.63) is 54.4 Å². The van der Waals surface area contributed by atoms with Gasteiger partial charge in [0, 0.05) is 24.2 Å². The second-order valence-electron chi connectivity index (χ2n) is 4.37. The van der Waals surface area contributed by atoms with E-state index in [1.165, 1.54) is 0 Å². The fraction of sp³-hybridized carbons (Fsp3) is 0.214. The number of rotatable bonds is 4. The molecule has 20 heavy (non-hydrogen) atoms. The zero-order valence-electron chi connectivity index (χ0n) is 11.1. The fourth-order valence-corrected chi connectivity index (χ4v) is 2.12. The zero-order valence-corrected chi connectivity index (χ0v) is 11.1. The van der Waals surface area contributed by atoms with Gasteiger partial charge in [-0.1, -0.05) is 0 Å². The molecule has 0 fully saturated rings. The van der Waals surface area contributed by atoms with Gasteiger partial charge in [0.05, 0.1) is 36.8 Å². The second-order valence-corrected chi connectivity index (χ2v) is 4.37. The molecule has 1 atom stereocenters. The zero-order chi connectivity index (χ0) is 13.9. The van der Waals surface area contributed by atoms with Crippen LogP contribution in [0, 0.1) is 0 Å². The molecular formula is C14H15N5O. The van der Waals surface area contributed by atoms with E-state index in [2.05, 4.69) is 15.1 Å². The van der Waals surface area contributed by atoms with Crippen LogP contribution >= 0.6 is 0 Å². The lowest BCUT2D eigenvalue weighted by Gasteiger charge is -2.12. The van der Waals surface area contributed by atoms with Gasteiger partial charge in [0.1, 0.15) is 5.75 Å². The highest BCUT2D eigenvalue weighted by Crippen LogP contribution is 2.24. The Balaban J connectivity index is 1.99. The molecule has 2 N–H and O–H groups in total. The molecular weight excluding hydrogens is 254 g/mol. The first-order valence-electron chi connectivity index (χ1n) is 6.40. The third kappa shape index (κ3) is 2.21. The topological polar surface area (TPSA) is 78.3 Å². The van der Waals surface area contributed by atoms with Crippen LogP contribution in [0.2, 0.25) is 0 Å². The Labute approximate surface area is 116 Å². The summed E-state index contributed by atoms with van der Waals surface area (Å²) in [6.07, 6.45) is 10.4. The molecule has 0 aliphatic rings. The molecule has 0 spiro atoms. The molecule has 6 heteroatoms. The van der Waals surface area contributed by atoms with Gasteiger partial charge in [-0.25, -0.2) is 4.52 Å². The number of hydrogen-bond acceptors (Lipinski definition) is 5. The van der Waals surface area contributed by atoms with Gasteiger partial charge in [-0.15, -0.1) is 0 Å². The Morgan fingerprint density at radius 2 is 2.15 bits per heavy atom. The maximum Gasteiger partial charge on any atom is 0.137 e. The standard InChI is InChI=1S/C14H15N5O/c1-2-20-11-5-10(6-17-7-11)14(15)12-8-18-19-4-3-16-9-13(12)19/h3-9,14H,2,15H2,1H3. The van der Waals surface area contributed by atoms with Crippen LogP contribution < -0.4 is 10.5 Å². The van der Waals surface area contributed by atoms with Crippen LogP contribution in [0.4, 0.5) is 0 Å². The molecule has 0 radical (unpaired) electrons. The van der Waals surface area contributed by atoms with Crippen molar-refractivity contribution in [1.82, 2.24) is 19.6 Å². The van der Waals surface area contributed by atoms with Crippen molar-refractivity contribution in [1.29, 1.82) is 0 Å². The number of hydrogen-bond donors (Lipinski definition) is 1. The number of fused-ring (bicyclic) bond motifs is 1. The van der Waals surface area contributed by atoms with Crippen molar-refractivity contribution < 1.29 is 4.74 Å². The fourth-order valence-electron chi connectivity index (χ4n) is 2.12. The van der Waals surface area contributed by atoms with E-state index < -0.39 is 0 Å². The highest BCUT2D eigenvalue weighted by atomic mass is 16.5. The van der Waals surface area contributed by atoms with Gasteiger partial charge in [-0.3, -0.25) is 9.97 Å². The first-order valence-corrected chi connectivity index (χ1v) is 6.40. The molecule has 0 aromatic carbocycles. The molecule has 0 amide bonds. The molecule has 0 saturated carbocycles. The van der Waals surface area contributed by atoms with Crippen molar-refractivity contribution in [2.24, 2.45) is 5.73 Å². The summed E-state index contributed by atoms with van der Waals surface area (Å²) in [5.74, 6) is 0.718. The lowest BCUT2D eigenvalue weighted by molar-refractivity contribution is 0.338. The normalized spacial score (nSPS) is 12.5. The average Bonchev–Trinajstić information content (AvgIpc) is 2.91. The first-order chi connectivity index (χ1) is 9.79. The minimum Gasteiger partial charge on any atom is -0.492 e. The molecule has 1 unspecified atom stereocenters. The van der Waals surface area contributed by atoms with E-state index in [4.69, 9.17) is 10.5 Å². The quantitative estimate of drug-likeness (QED) is 0.777. The van der Waals surface area contributed by atoms with Crippen molar-refractivity contribution >= 4 is 5.52 Å². The molecule has 3 heterocycles. The summed E-state index contributed by atoms with van der Waals surface area (Å²) in [6, 6.07) is 1.59. The second kappa shape index (κ2) is 5.26. The molecule has 0 aliphatic carbocycles. The molecule has 102 valence electrons. The van der Waals surface area contributed by atoms with Gasteiger partial charge in [0.15, 0.2) is 0 Å². The van der Waals surface area contributed by atoms with E-state index in [9.17, 15) is 0 Å². The number of nitrogens with zero attached hydrogens (tertiary/aromatic N) is 4. The summed E-state index contributed by atoms with van der Waals surface area (Å²) in [7, 11) is 0. The highest BCUT2D eigenvalue weighted by Gasteiger charge is 2.15. The maximum atomic E-state index is 6.32. The lowest BCUT2D eigenvalue weighted by Crippen LogP contribution is -2.12. The Morgan fingerprint density at radius 1 is 1.25 bits per heavy atom. The predicted molar refractivity (Wildman–Crippen MR) is 74.4 cm³/mol. The van der Waals surface area contributed by atoms with Gasteiger partial charge in [-0.05, 0) is 18.6 Å². The van der Waals surface area contributed by atoms with Gasteiger partial charge in [-0.2, -0.15) is 5.10 Å². The smallest absolute Gasteiger partial charge is 0.137 e. The van der Waals surface area contributed by atoms with Crippen molar-refractivity contribution in [2.75, 3.05) is 6.61 Å². The van der Waals surface area contributed by atoms with Crippen molar-refractivity contribution in [3.8, 4) is 5.75 Å². The third-order valence-electron chi connectivity index (χ3n) is 3.09. The molecule has 3 rings (SSSR count). The Bertz CT molecular complexity index is 724. The predicted octanol–water partition coefficient (Wildman–Crippen LogP) is 1.57. The van der Waals surface area contributed by atoms with Crippen LogP contribution in [0.3, 0.4) is 0 Å². The number of ether oxygens (including phenoxy) is 1. The van der Waals surface area contributed by atoms with E-state index in [1.54, 1.807) is 41.7 Å². The molecule has 3 aromatic rings. The Kier molecular flexibility index (Phi) is 3.30. The highest BCUT2D eigenvalue weighted by molar-refractivity contribution is 5.55. The van der Waals surface area contributed by atoms with Crippen LogP contribution in [0.1, 0.15) is 24.1 Å². The number of aromatic nitrogens is 4. The van der Waals surface area contributed by atoms with Gasteiger partial charge >= 0.3 is 0 Å². The SMILES string of the molecule is CCOc1cncc(C(N)c2cnn3ccncc23)c1. The van der Waals surface area contributed by atoms with Crippen LogP contribution in [-0.2, 0) is 0 Å². The largest absolute Gasteiger partial charge is 0.492 e. The lowest BCUT2D eigenvalue weighted by atomic mass is 10.0. The average molecular weight is 269 g/mol. The summed E-state index contributed by atoms with van der Waals surface area (Å²) in [4.78, 5) is 8.28. The number of nitrogens with two attached hydrogens (primary N) is 1. The minimum atomic E-state index is -0.315. The Hall–Kier alpha value is -2.47. The molecule has 0 saturated heterocycles. The monoisotopic (exact) mass is 269 g/mol. The van der Waals surface area contributed by atoms with E-state index >= 15 is 0 Å². The Morgan fingerprint density at radius 3 is 3.00 bits per heavy atom. The molecule has 0 bridgehead atoms. The van der Waals surface area contributed by atoms with Crippen molar-refractivity contribution in [3.63, 3.8) is 0 Å². The summed E-state index contributed by atoms with van der Waals surface area (Å²) >= 11 is 0. The van der Waals surface area contributed by atoms with Crippen LogP contribution in [0.25, 0.3) is 5.52 Å². The van der Waals surface area contributed by atoms with E-state index in [-0.39, 0.29) is 6.04 Å². The molecule has 6 nitrogen and oxygen atoms in total. The first kappa shape index (κ1) is 12.6. The van der Waals surface area contributed by atoms with Crippen molar-refractivity contribution in [2.45, 2.75) is 13.0 Å². The third-order valence-corrected chi connectivity index (χ3v) is 3.09. The van der Waals surface area contributed by atoms with E-state index in [1.807, 2.05) is 13.0 Å². The summed E-state index contributed by atoms with van der Waals surface area (Å²) in [5.41, 5.74) is 9.00. The summed E-state index contributed by atoms with van der Waals surface area (Å²) in [5, 5.41) is 4.27. The van der Waals surface area contributed by atoms with E-state index in [0.717, 1.165) is 22.4 Å². The van der Waals surface area contributed by atoms with Gasteiger partial charge < -0.3 is 10.5 Å². The van der Waals surface area contributed by atoms with Gasteiger partial charge in [0.2, 0.25) is 0 Å². The van der Waals surface area contributed by atoms with Crippen LogP contribution in [0.15, 0.2) is 43.2 Å². The number of pyridine rings is 1. The molecule has 0 aliphatic heterocycles. The minimum absolute atomic E-state index is 0.315. The summed E-state index contributed by atoms with van der Waals surface area (Å²) in [6.45, 7) is 2.53. The summed E-state index contributed by atoms with van der Waals surface area (Å²) < 4.78 is 7.20. The molecule has 3 aromatic heterocycles. The van der Waals surface area contributed by atoms with Gasteiger partial charge in [0.25, 0.3) is 0 Å². The van der Waals surface area contributed by atoms with Crippen LogP contribution in [-0.4, -0.2) is 26.2 Å². The van der Waals surface area contributed by atoms with E-state index in [0.29, 0.717) is 6.61 Å².